The summed E-state index contributed by atoms with van der Waals surface area (Å²) in [6, 6.07) is 12.8. The molecule has 1 spiro atoms. The number of hydrogen-bond donors (Lipinski definition) is 1. The third-order valence-electron chi connectivity index (χ3n) is 11.4. The summed E-state index contributed by atoms with van der Waals surface area (Å²) >= 11 is 0. The molecule has 0 aromatic heterocycles. The van der Waals surface area contributed by atoms with E-state index in [9.17, 15) is 14.7 Å². The van der Waals surface area contributed by atoms with Crippen molar-refractivity contribution in [3.8, 4) is 0 Å². The van der Waals surface area contributed by atoms with Crippen LogP contribution in [0.15, 0.2) is 72.8 Å². The van der Waals surface area contributed by atoms with Gasteiger partial charge in [-0.05, 0) is 49.8 Å². The van der Waals surface area contributed by atoms with E-state index in [0.29, 0.717) is 18.4 Å². The number of likely N-dealkylation sites (tertiary alicyclic amines) is 1. The zero-order chi connectivity index (χ0) is 35.9. The average molecular weight is 684 g/mol. The number of para-hydroxylation sites is 1. The summed E-state index contributed by atoms with van der Waals surface area (Å²) in [5, 5.41) is 10.8. The molecule has 10 heteroatoms. The van der Waals surface area contributed by atoms with Crippen molar-refractivity contribution in [2.24, 2.45) is 17.8 Å². The van der Waals surface area contributed by atoms with Gasteiger partial charge in [-0.2, -0.15) is 0 Å². The second-order valence-electron chi connectivity index (χ2n) is 14.3. The number of allylic oxidation sites excluding steroid dienone is 1. The van der Waals surface area contributed by atoms with Gasteiger partial charge in [0.15, 0.2) is 0 Å². The first-order chi connectivity index (χ1) is 24.0. The van der Waals surface area contributed by atoms with Gasteiger partial charge in [0.1, 0.15) is 23.7 Å². The molecule has 0 bridgehead atoms. The highest BCUT2D eigenvalue weighted by atomic mass is 16.6. The fourth-order valence-electron chi connectivity index (χ4n) is 8.43. The van der Waals surface area contributed by atoms with Crippen molar-refractivity contribution in [2.45, 2.75) is 89.8 Å². The minimum atomic E-state index is -1.51. The van der Waals surface area contributed by atoms with Crippen molar-refractivity contribution in [1.29, 1.82) is 0 Å². The third kappa shape index (κ3) is 5.86. The molecule has 2 aromatic carbocycles. The van der Waals surface area contributed by atoms with Crippen molar-refractivity contribution in [1.82, 2.24) is 9.80 Å². The van der Waals surface area contributed by atoms with Crippen LogP contribution in [0, 0.1) is 31.6 Å². The van der Waals surface area contributed by atoms with Crippen molar-refractivity contribution >= 4 is 29.4 Å². The second kappa shape index (κ2) is 14.2. The molecule has 0 saturated carbocycles. The van der Waals surface area contributed by atoms with E-state index in [4.69, 9.17) is 9.47 Å². The van der Waals surface area contributed by atoms with Gasteiger partial charge in [0, 0.05) is 25.7 Å². The van der Waals surface area contributed by atoms with Crippen molar-refractivity contribution < 1.29 is 33.8 Å². The lowest BCUT2D eigenvalue weighted by Crippen LogP contribution is -2.59. The van der Waals surface area contributed by atoms with Crippen molar-refractivity contribution in [2.75, 3.05) is 25.1 Å². The summed E-state index contributed by atoms with van der Waals surface area (Å²) in [4.78, 5) is 62.8. The summed E-state index contributed by atoms with van der Waals surface area (Å²) in [6.07, 6.45) is 6.80. The van der Waals surface area contributed by atoms with Crippen LogP contribution in [0.25, 0.3) is 0 Å². The SMILES string of the molecule is CC[C@H](C)[C@H](CO)N1C(=O)[C@@H]2[C@H]3C(=O)O[C@H](c4ccccc4)[C@@H](C)N(C)C(=O)CC/C=C\[C@H]3O[C@@]23C=CCN(c2c(C)cccc2C)C(=O)[C@@H]13. The highest BCUT2D eigenvalue weighted by molar-refractivity contribution is 6.06. The molecular formula is C40H49N3O7. The number of esters is 1. The van der Waals surface area contributed by atoms with Crippen molar-refractivity contribution in [3.05, 3.63) is 89.5 Å². The topological polar surface area (TPSA) is 117 Å². The van der Waals surface area contributed by atoms with E-state index in [1.165, 1.54) is 4.90 Å². The number of carbonyl (C=O) groups is 4. The highest BCUT2D eigenvalue weighted by Gasteiger charge is 2.73. The molecule has 0 aliphatic carbocycles. The first kappa shape index (κ1) is 35.5. The van der Waals surface area contributed by atoms with E-state index < -0.39 is 59.6 Å². The second-order valence-corrected chi connectivity index (χ2v) is 14.3. The van der Waals surface area contributed by atoms with Gasteiger partial charge in [-0.15, -0.1) is 0 Å². The molecule has 0 radical (unpaired) electrons. The molecule has 9 atom stereocenters. The third-order valence-corrected chi connectivity index (χ3v) is 11.4. The molecule has 0 unspecified atom stereocenters. The van der Waals surface area contributed by atoms with Crippen LogP contribution in [0.2, 0.25) is 0 Å². The van der Waals surface area contributed by atoms with Crippen LogP contribution in [0.3, 0.4) is 0 Å². The molecule has 4 aliphatic rings. The number of nitrogens with zero attached hydrogens (tertiary/aromatic N) is 3. The Morgan fingerprint density at radius 3 is 2.34 bits per heavy atom. The van der Waals surface area contributed by atoms with Gasteiger partial charge in [0.2, 0.25) is 11.8 Å². The first-order valence-electron chi connectivity index (χ1n) is 17.8. The Labute approximate surface area is 294 Å². The Morgan fingerprint density at radius 1 is 0.980 bits per heavy atom. The molecule has 6 rings (SSSR count). The van der Waals surface area contributed by atoms with Gasteiger partial charge in [0.05, 0.1) is 30.7 Å². The molecule has 2 saturated heterocycles. The van der Waals surface area contributed by atoms with Gasteiger partial charge < -0.3 is 29.3 Å². The van der Waals surface area contributed by atoms with E-state index in [0.717, 1.165) is 16.8 Å². The molecule has 10 nitrogen and oxygen atoms in total. The Hall–Kier alpha value is -4.28. The standard InChI is InChI=1S/C40H49N3O7/c1-7-24(2)29(23-44)43-36-38(47)42(34-25(3)15-13-16-26(34)4)22-14-21-40(36)33(37(43)46)32-30(50-40)19-11-12-20-31(45)41(6)27(5)35(49-39(32)48)28-17-9-8-10-18-28/h8-11,13-19,21,24,27,29-30,32-33,35-36,44H,7,12,20,22-23H2,1-6H3/b19-11-/t24-,27+,29-,30+,32-,33-,35-,36+,40-/m0/s1. The highest BCUT2D eigenvalue weighted by Crippen LogP contribution is 2.54. The number of aliphatic hydroxyl groups excluding tert-OH is 1. The molecule has 2 fully saturated rings. The van der Waals surface area contributed by atoms with E-state index >= 15 is 9.59 Å². The Balaban J connectivity index is 1.50. The number of likely N-dealkylation sites (N-methyl/N-ethyl adjacent to an activating group) is 1. The maximum atomic E-state index is 15.1. The Morgan fingerprint density at radius 2 is 1.68 bits per heavy atom. The summed E-state index contributed by atoms with van der Waals surface area (Å²) in [7, 11) is 1.71. The molecule has 4 heterocycles. The molecular weight excluding hydrogens is 634 g/mol. The van der Waals surface area contributed by atoms with Crippen LogP contribution in [-0.2, 0) is 28.7 Å². The number of rotatable bonds is 6. The van der Waals surface area contributed by atoms with E-state index in [1.54, 1.807) is 29.0 Å². The number of hydrogen-bond acceptors (Lipinski definition) is 7. The van der Waals surface area contributed by atoms with E-state index in [-0.39, 0.29) is 37.3 Å². The number of aliphatic hydroxyl groups is 1. The van der Waals surface area contributed by atoms with Gasteiger partial charge in [0.25, 0.3) is 5.91 Å². The fourth-order valence-corrected chi connectivity index (χ4v) is 8.43. The number of fused-ring (bicyclic) bond motifs is 2. The van der Waals surface area contributed by atoms with Gasteiger partial charge in [-0.25, -0.2) is 0 Å². The number of amides is 3. The predicted octanol–water partition coefficient (Wildman–Crippen LogP) is 4.68. The van der Waals surface area contributed by atoms with Crippen LogP contribution in [0.4, 0.5) is 5.69 Å². The summed E-state index contributed by atoms with van der Waals surface area (Å²) in [6.45, 7) is 9.58. The van der Waals surface area contributed by atoms with Gasteiger partial charge in [-0.3, -0.25) is 19.2 Å². The minimum Gasteiger partial charge on any atom is -0.455 e. The van der Waals surface area contributed by atoms with Gasteiger partial charge >= 0.3 is 5.97 Å². The Kier molecular flexibility index (Phi) is 10.1. The maximum Gasteiger partial charge on any atom is 0.313 e. The quantitative estimate of drug-likeness (QED) is 0.348. The number of ether oxygens (including phenoxy) is 2. The summed E-state index contributed by atoms with van der Waals surface area (Å²) in [5.41, 5.74) is 1.79. The largest absolute Gasteiger partial charge is 0.455 e. The molecule has 266 valence electrons. The van der Waals surface area contributed by atoms with Crippen LogP contribution >= 0.6 is 0 Å². The Bertz CT molecular complexity index is 1670. The maximum absolute atomic E-state index is 15.1. The number of benzene rings is 2. The van der Waals surface area contributed by atoms with E-state index in [1.807, 2.05) is 95.3 Å². The minimum absolute atomic E-state index is 0.0890. The van der Waals surface area contributed by atoms with Crippen molar-refractivity contribution in [3.63, 3.8) is 0 Å². The smallest absolute Gasteiger partial charge is 0.313 e. The lowest BCUT2D eigenvalue weighted by Gasteiger charge is -2.40. The van der Waals surface area contributed by atoms with Crippen LogP contribution < -0.4 is 4.90 Å². The van der Waals surface area contributed by atoms with Crippen LogP contribution in [0.1, 0.15) is 62.8 Å². The van der Waals surface area contributed by atoms with Crippen LogP contribution in [-0.4, -0.2) is 88.6 Å². The lowest BCUT2D eigenvalue weighted by molar-refractivity contribution is -0.164. The molecule has 2 aromatic rings. The fraction of sp³-hybridized carbons (Fsp3) is 0.500. The molecule has 50 heavy (non-hydrogen) atoms. The number of anilines is 1. The summed E-state index contributed by atoms with van der Waals surface area (Å²) in [5.74, 6) is -3.82. The molecule has 3 amide bonds. The first-order valence-corrected chi connectivity index (χ1v) is 17.8. The lowest BCUT2D eigenvalue weighted by atomic mass is 9.77. The number of cyclic esters (lactones) is 1. The monoisotopic (exact) mass is 683 g/mol. The normalized spacial score (nSPS) is 31.9. The molecule has 4 aliphatic heterocycles. The number of carbonyl (C=O) groups excluding carboxylic acids is 4. The predicted molar refractivity (Wildman–Crippen MR) is 189 cm³/mol. The molecule has 1 N–H and O–H groups in total. The van der Waals surface area contributed by atoms with Crippen LogP contribution in [0.5, 0.6) is 0 Å². The summed E-state index contributed by atoms with van der Waals surface area (Å²) < 4.78 is 13.3. The number of aryl methyl sites for hydroxylation is 2. The average Bonchev–Trinajstić information content (AvgIpc) is 3.50. The zero-order valence-electron chi connectivity index (χ0n) is 29.8. The van der Waals surface area contributed by atoms with Gasteiger partial charge in [-0.1, -0.05) is 93.1 Å². The van der Waals surface area contributed by atoms with E-state index in [2.05, 4.69) is 0 Å². The zero-order valence-corrected chi connectivity index (χ0v) is 29.8.